The van der Waals surface area contributed by atoms with Crippen LogP contribution in [0.25, 0.3) is 0 Å². The lowest BCUT2D eigenvalue weighted by molar-refractivity contribution is -0.120. The zero-order chi connectivity index (χ0) is 19.9. The molecule has 1 aliphatic heterocycles. The number of thiazole rings is 1. The van der Waals surface area contributed by atoms with Crippen LogP contribution in [0.4, 0.5) is 10.8 Å². The van der Waals surface area contributed by atoms with Gasteiger partial charge in [0.25, 0.3) is 0 Å². The van der Waals surface area contributed by atoms with Crippen molar-refractivity contribution >= 4 is 34.0 Å². The van der Waals surface area contributed by atoms with Crippen molar-refractivity contribution in [3.8, 4) is 5.75 Å². The largest absolute Gasteiger partial charge is 0.497 e. The zero-order valence-corrected chi connectivity index (χ0v) is 16.7. The van der Waals surface area contributed by atoms with E-state index in [9.17, 15) is 9.59 Å². The summed E-state index contributed by atoms with van der Waals surface area (Å²) in [4.78, 5) is 34.5. The second-order valence-corrected chi connectivity index (χ2v) is 7.41. The van der Waals surface area contributed by atoms with E-state index in [0.29, 0.717) is 12.3 Å². The number of benzene rings is 1. The van der Waals surface area contributed by atoms with Gasteiger partial charge in [-0.3, -0.25) is 14.5 Å². The van der Waals surface area contributed by atoms with Crippen molar-refractivity contribution in [3.05, 3.63) is 35.8 Å². The summed E-state index contributed by atoms with van der Waals surface area (Å²) in [5, 5.41) is 2.99. The van der Waals surface area contributed by atoms with Crippen molar-refractivity contribution in [1.82, 2.24) is 9.88 Å². The van der Waals surface area contributed by atoms with Gasteiger partial charge in [-0.15, -0.1) is 11.3 Å². The Hall–Kier alpha value is -2.65. The van der Waals surface area contributed by atoms with E-state index in [-0.39, 0.29) is 18.9 Å². The fourth-order valence-electron chi connectivity index (χ4n) is 3.13. The van der Waals surface area contributed by atoms with Crippen molar-refractivity contribution < 1.29 is 14.3 Å². The SMILES string of the molecule is COc1ccc(N(CCC(N)=O)C(=O)CN2CCN(c3nccs3)CC2)cc1. The Kier molecular flexibility index (Phi) is 6.83. The van der Waals surface area contributed by atoms with E-state index >= 15 is 0 Å². The van der Waals surface area contributed by atoms with Crippen LogP contribution in [-0.2, 0) is 9.59 Å². The van der Waals surface area contributed by atoms with Crippen LogP contribution < -0.4 is 20.3 Å². The van der Waals surface area contributed by atoms with E-state index in [0.717, 1.165) is 37.0 Å². The first-order chi connectivity index (χ1) is 13.6. The maximum atomic E-state index is 13.0. The summed E-state index contributed by atoms with van der Waals surface area (Å²) in [5.74, 6) is 0.238. The van der Waals surface area contributed by atoms with Crippen LogP contribution in [0, 0.1) is 0 Å². The van der Waals surface area contributed by atoms with E-state index in [2.05, 4.69) is 14.8 Å². The molecule has 0 bridgehead atoms. The van der Waals surface area contributed by atoms with Crippen LogP contribution in [0.5, 0.6) is 5.75 Å². The van der Waals surface area contributed by atoms with Gasteiger partial charge in [0, 0.05) is 56.4 Å². The van der Waals surface area contributed by atoms with Gasteiger partial charge < -0.3 is 20.3 Å². The molecule has 150 valence electrons. The summed E-state index contributed by atoms with van der Waals surface area (Å²) in [6.45, 7) is 3.82. The van der Waals surface area contributed by atoms with Crippen molar-refractivity contribution in [2.45, 2.75) is 6.42 Å². The second-order valence-electron chi connectivity index (χ2n) is 6.54. The molecule has 1 aromatic heterocycles. The lowest BCUT2D eigenvalue weighted by atomic mass is 10.2. The van der Waals surface area contributed by atoms with Crippen LogP contribution >= 0.6 is 11.3 Å². The maximum Gasteiger partial charge on any atom is 0.241 e. The third-order valence-corrected chi connectivity index (χ3v) is 5.52. The molecule has 0 saturated carbocycles. The highest BCUT2D eigenvalue weighted by molar-refractivity contribution is 7.13. The standard InChI is InChI=1S/C19H25N5O3S/c1-27-16-4-2-15(3-5-16)24(8-6-17(20)25)18(26)14-22-9-11-23(12-10-22)19-21-7-13-28-19/h2-5,7,13H,6,8-12,14H2,1H3,(H2,20,25). The Balaban J connectivity index is 1.61. The number of hydrogen-bond donors (Lipinski definition) is 1. The van der Waals surface area contributed by atoms with E-state index in [1.54, 1.807) is 41.7 Å². The molecule has 0 spiro atoms. The number of nitrogens with zero attached hydrogens (tertiary/aromatic N) is 4. The van der Waals surface area contributed by atoms with E-state index in [1.165, 1.54) is 0 Å². The number of piperazine rings is 1. The van der Waals surface area contributed by atoms with Gasteiger partial charge >= 0.3 is 0 Å². The summed E-state index contributed by atoms with van der Waals surface area (Å²) in [5.41, 5.74) is 6.02. The number of ether oxygens (including phenoxy) is 1. The van der Waals surface area contributed by atoms with Crippen molar-refractivity contribution in [3.63, 3.8) is 0 Å². The predicted molar refractivity (Wildman–Crippen MR) is 110 cm³/mol. The van der Waals surface area contributed by atoms with Crippen LogP contribution in [0.2, 0.25) is 0 Å². The molecule has 0 atom stereocenters. The smallest absolute Gasteiger partial charge is 0.241 e. The Bertz CT molecular complexity index is 773. The Morgan fingerprint density at radius 3 is 2.50 bits per heavy atom. The van der Waals surface area contributed by atoms with Crippen LogP contribution in [0.3, 0.4) is 0 Å². The van der Waals surface area contributed by atoms with Gasteiger partial charge in [-0.2, -0.15) is 0 Å². The number of nitrogens with two attached hydrogens (primary N) is 1. The summed E-state index contributed by atoms with van der Waals surface area (Å²) in [6.07, 6.45) is 1.93. The fourth-order valence-corrected chi connectivity index (χ4v) is 3.82. The van der Waals surface area contributed by atoms with Crippen LogP contribution in [0.15, 0.2) is 35.8 Å². The van der Waals surface area contributed by atoms with E-state index in [4.69, 9.17) is 10.5 Å². The molecule has 0 radical (unpaired) electrons. The molecule has 1 aromatic carbocycles. The number of hydrogen-bond acceptors (Lipinski definition) is 7. The third-order valence-electron chi connectivity index (χ3n) is 4.69. The third kappa shape index (κ3) is 5.20. The van der Waals surface area contributed by atoms with Crippen molar-refractivity contribution in [1.29, 1.82) is 0 Å². The predicted octanol–water partition coefficient (Wildman–Crippen LogP) is 1.18. The molecule has 8 nitrogen and oxygen atoms in total. The summed E-state index contributed by atoms with van der Waals surface area (Å²) in [6, 6.07) is 7.23. The molecular weight excluding hydrogens is 378 g/mol. The zero-order valence-electron chi connectivity index (χ0n) is 15.9. The van der Waals surface area contributed by atoms with Gasteiger partial charge in [-0.05, 0) is 24.3 Å². The minimum Gasteiger partial charge on any atom is -0.497 e. The average Bonchev–Trinajstić information content (AvgIpc) is 3.24. The Morgan fingerprint density at radius 1 is 1.21 bits per heavy atom. The minimum atomic E-state index is -0.427. The Morgan fingerprint density at radius 2 is 1.93 bits per heavy atom. The highest BCUT2D eigenvalue weighted by atomic mass is 32.1. The summed E-state index contributed by atoms with van der Waals surface area (Å²) >= 11 is 1.63. The highest BCUT2D eigenvalue weighted by Gasteiger charge is 2.24. The van der Waals surface area contributed by atoms with Gasteiger partial charge in [0.15, 0.2) is 5.13 Å². The van der Waals surface area contributed by atoms with Gasteiger partial charge in [0.1, 0.15) is 5.75 Å². The maximum absolute atomic E-state index is 13.0. The van der Waals surface area contributed by atoms with E-state index < -0.39 is 5.91 Å². The topological polar surface area (TPSA) is 92.0 Å². The summed E-state index contributed by atoms with van der Waals surface area (Å²) in [7, 11) is 1.59. The molecule has 2 amide bonds. The Labute approximate surface area is 168 Å². The minimum absolute atomic E-state index is 0.0471. The molecule has 1 aliphatic rings. The summed E-state index contributed by atoms with van der Waals surface area (Å²) < 4.78 is 5.18. The van der Waals surface area contributed by atoms with E-state index in [1.807, 2.05) is 17.5 Å². The number of rotatable bonds is 8. The van der Waals surface area contributed by atoms with Crippen molar-refractivity contribution in [2.75, 3.05) is 56.2 Å². The number of anilines is 2. The lowest BCUT2D eigenvalue weighted by Gasteiger charge is -2.35. The molecule has 28 heavy (non-hydrogen) atoms. The van der Waals surface area contributed by atoms with Crippen LogP contribution in [-0.4, -0.2) is 68.1 Å². The molecule has 0 unspecified atom stereocenters. The quantitative estimate of drug-likeness (QED) is 0.712. The van der Waals surface area contributed by atoms with Gasteiger partial charge in [0.2, 0.25) is 11.8 Å². The molecular formula is C19H25N5O3S. The van der Waals surface area contributed by atoms with Gasteiger partial charge in [0.05, 0.1) is 13.7 Å². The monoisotopic (exact) mass is 403 g/mol. The van der Waals surface area contributed by atoms with Crippen LogP contribution in [0.1, 0.15) is 6.42 Å². The average molecular weight is 404 g/mol. The molecule has 2 N–H and O–H groups in total. The second kappa shape index (κ2) is 9.52. The van der Waals surface area contributed by atoms with Crippen molar-refractivity contribution in [2.24, 2.45) is 5.73 Å². The number of amides is 2. The molecule has 2 heterocycles. The highest BCUT2D eigenvalue weighted by Crippen LogP contribution is 2.21. The molecule has 1 saturated heterocycles. The number of primary amides is 1. The number of aromatic nitrogens is 1. The fraction of sp³-hybridized carbons (Fsp3) is 0.421. The lowest BCUT2D eigenvalue weighted by Crippen LogP contribution is -2.50. The normalized spacial score (nSPS) is 14.7. The molecule has 1 fully saturated rings. The molecule has 9 heteroatoms. The molecule has 0 aliphatic carbocycles. The number of carbonyl (C=O) groups is 2. The molecule has 2 aromatic rings. The number of methoxy groups -OCH3 is 1. The first kappa shape index (κ1) is 20.1. The van der Waals surface area contributed by atoms with Gasteiger partial charge in [-0.1, -0.05) is 0 Å². The molecule has 3 rings (SSSR count). The van der Waals surface area contributed by atoms with Gasteiger partial charge in [-0.25, -0.2) is 4.98 Å². The number of carbonyl (C=O) groups excluding carboxylic acids is 2. The first-order valence-corrected chi connectivity index (χ1v) is 10.0. The first-order valence-electron chi connectivity index (χ1n) is 9.16.